The van der Waals surface area contributed by atoms with Gasteiger partial charge in [0, 0.05) is 19.2 Å². The van der Waals surface area contributed by atoms with Crippen molar-refractivity contribution in [1.29, 1.82) is 0 Å². The lowest BCUT2D eigenvalue weighted by atomic mass is 10.3. The standard InChI is InChI=1S/C11H14Cl2N2O4S/c1-2-19-10(16)4-3-5-15-20(17,18)8-6-9(12)11(13)14-7-8/h6-7,15H,2-5H2,1H3. The Morgan fingerprint density at radius 2 is 2.15 bits per heavy atom. The van der Waals surface area contributed by atoms with Crippen LogP contribution >= 0.6 is 23.2 Å². The molecule has 0 aliphatic rings. The molecule has 1 aromatic heterocycles. The van der Waals surface area contributed by atoms with Crippen molar-refractivity contribution in [2.24, 2.45) is 0 Å². The van der Waals surface area contributed by atoms with Crippen LogP contribution in [0.15, 0.2) is 17.2 Å². The van der Waals surface area contributed by atoms with Gasteiger partial charge in [0.15, 0.2) is 0 Å². The van der Waals surface area contributed by atoms with E-state index in [4.69, 9.17) is 27.9 Å². The monoisotopic (exact) mass is 340 g/mol. The van der Waals surface area contributed by atoms with Crippen molar-refractivity contribution in [3.8, 4) is 0 Å². The van der Waals surface area contributed by atoms with Crippen LogP contribution in [0.3, 0.4) is 0 Å². The van der Waals surface area contributed by atoms with Gasteiger partial charge < -0.3 is 4.74 Å². The Morgan fingerprint density at radius 3 is 2.75 bits per heavy atom. The third kappa shape index (κ3) is 5.24. The molecule has 0 saturated carbocycles. The van der Waals surface area contributed by atoms with Gasteiger partial charge in [-0.05, 0) is 19.4 Å². The van der Waals surface area contributed by atoms with Crippen LogP contribution in [0.25, 0.3) is 0 Å². The number of sulfonamides is 1. The average Bonchev–Trinajstić information content (AvgIpc) is 2.38. The summed E-state index contributed by atoms with van der Waals surface area (Å²) in [7, 11) is -3.72. The van der Waals surface area contributed by atoms with Crippen LogP contribution in [0.4, 0.5) is 0 Å². The van der Waals surface area contributed by atoms with Gasteiger partial charge in [-0.25, -0.2) is 18.1 Å². The maximum Gasteiger partial charge on any atom is 0.305 e. The maximum atomic E-state index is 11.9. The second-order valence-electron chi connectivity index (χ2n) is 3.75. The summed E-state index contributed by atoms with van der Waals surface area (Å²) in [6.45, 7) is 2.12. The minimum atomic E-state index is -3.72. The Balaban J connectivity index is 2.53. The first kappa shape index (κ1) is 17.2. The highest BCUT2D eigenvalue weighted by molar-refractivity contribution is 7.89. The van der Waals surface area contributed by atoms with E-state index in [1.54, 1.807) is 6.92 Å². The smallest absolute Gasteiger partial charge is 0.305 e. The van der Waals surface area contributed by atoms with E-state index in [0.717, 1.165) is 6.20 Å². The first-order valence-electron chi connectivity index (χ1n) is 5.83. The maximum absolute atomic E-state index is 11.9. The molecule has 0 aliphatic carbocycles. The first-order valence-corrected chi connectivity index (χ1v) is 8.07. The Bertz CT molecular complexity index is 578. The quantitative estimate of drug-likeness (QED) is 0.466. The van der Waals surface area contributed by atoms with Gasteiger partial charge in [0.05, 0.1) is 11.6 Å². The van der Waals surface area contributed by atoms with Crippen molar-refractivity contribution in [2.45, 2.75) is 24.7 Å². The topological polar surface area (TPSA) is 85.4 Å². The molecule has 9 heteroatoms. The highest BCUT2D eigenvalue weighted by Crippen LogP contribution is 2.21. The fourth-order valence-corrected chi connectivity index (χ4v) is 2.68. The Hall–Kier alpha value is -0.890. The van der Waals surface area contributed by atoms with Crippen molar-refractivity contribution >= 4 is 39.2 Å². The molecule has 0 amide bonds. The van der Waals surface area contributed by atoms with Crippen LogP contribution < -0.4 is 4.72 Å². The number of ether oxygens (including phenoxy) is 1. The lowest BCUT2D eigenvalue weighted by molar-refractivity contribution is -0.143. The van der Waals surface area contributed by atoms with Crippen LogP contribution in [0.2, 0.25) is 10.2 Å². The van der Waals surface area contributed by atoms with Crippen LogP contribution in [-0.4, -0.2) is 32.5 Å². The third-order valence-corrected chi connectivity index (χ3v) is 4.35. The first-order chi connectivity index (χ1) is 9.36. The van der Waals surface area contributed by atoms with E-state index in [1.807, 2.05) is 0 Å². The summed E-state index contributed by atoms with van der Waals surface area (Å²) in [5.41, 5.74) is 0. The van der Waals surface area contributed by atoms with E-state index < -0.39 is 10.0 Å². The zero-order chi connectivity index (χ0) is 15.2. The molecule has 0 aliphatic heterocycles. The molecule has 0 atom stereocenters. The second kappa shape index (κ2) is 7.78. The van der Waals surface area contributed by atoms with Gasteiger partial charge in [-0.2, -0.15) is 0 Å². The molecule has 1 N–H and O–H groups in total. The molecule has 1 aromatic rings. The van der Waals surface area contributed by atoms with E-state index >= 15 is 0 Å². The lowest BCUT2D eigenvalue weighted by Gasteiger charge is -2.07. The van der Waals surface area contributed by atoms with E-state index in [-0.39, 0.29) is 34.0 Å². The van der Waals surface area contributed by atoms with Gasteiger partial charge in [0.25, 0.3) is 0 Å². The normalized spacial score (nSPS) is 11.3. The molecule has 0 unspecified atom stereocenters. The average molecular weight is 341 g/mol. The highest BCUT2D eigenvalue weighted by atomic mass is 35.5. The number of hydrogen-bond acceptors (Lipinski definition) is 5. The predicted molar refractivity (Wildman–Crippen MR) is 75.3 cm³/mol. The van der Waals surface area contributed by atoms with E-state index in [2.05, 4.69) is 9.71 Å². The van der Waals surface area contributed by atoms with Gasteiger partial charge in [0.2, 0.25) is 10.0 Å². The molecule has 0 spiro atoms. The summed E-state index contributed by atoms with van der Waals surface area (Å²) in [6.07, 6.45) is 1.60. The molecular weight excluding hydrogens is 327 g/mol. The number of rotatable bonds is 7. The molecule has 6 nitrogen and oxygen atoms in total. The molecule has 0 bridgehead atoms. The van der Waals surface area contributed by atoms with Crippen molar-refractivity contribution in [2.75, 3.05) is 13.2 Å². The second-order valence-corrected chi connectivity index (χ2v) is 6.28. The minimum Gasteiger partial charge on any atom is -0.466 e. The van der Waals surface area contributed by atoms with Crippen LogP contribution in [-0.2, 0) is 19.6 Å². The molecule has 112 valence electrons. The van der Waals surface area contributed by atoms with E-state index in [0.29, 0.717) is 13.0 Å². The summed E-state index contributed by atoms with van der Waals surface area (Å²) in [4.78, 5) is 14.7. The summed E-state index contributed by atoms with van der Waals surface area (Å²) in [6, 6.07) is 1.21. The predicted octanol–water partition coefficient (Wildman–Crippen LogP) is 2.01. The van der Waals surface area contributed by atoms with Gasteiger partial charge >= 0.3 is 5.97 Å². The van der Waals surface area contributed by atoms with Gasteiger partial charge in [-0.3, -0.25) is 4.79 Å². The number of nitrogens with zero attached hydrogens (tertiary/aromatic N) is 1. The molecular formula is C11H14Cl2N2O4S. The minimum absolute atomic E-state index is 0.0351. The molecule has 0 aromatic carbocycles. The molecule has 20 heavy (non-hydrogen) atoms. The van der Waals surface area contributed by atoms with Crippen LogP contribution in [0, 0.1) is 0 Å². The van der Waals surface area contributed by atoms with Gasteiger partial charge in [-0.1, -0.05) is 23.2 Å². The summed E-state index contributed by atoms with van der Waals surface area (Å²) >= 11 is 11.3. The number of nitrogens with one attached hydrogen (secondary N) is 1. The largest absolute Gasteiger partial charge is 0.466 e. The van der Waals surface area contributed by atoms with Crippen molar-refractivity contribution in [1.82, 2.24) is 9.71 Å². The molecule has 0 saturated heterocycles. The van der Waals surface area contributed by atoms with Crippen molar-refractivity contribution in [3.63, 3.8) is 0 Å². The van der Waals surface area contributed by atoms with Crippen molar-refractivity contribution in [3.05, 3.63) is 22.4 Å². The molecule has 0 radical (unpaired) electrons. The summed E-state index contributed by atoms with van der Waals surface area (Å²) in [5.74, 6) is -0.358. The van der Waals surface area contributed by atoms with Crippen LogP contribution in [0.1, 0.15) is 19.8 Å². The Labute approximate surface area is 127 Å². The number of pyridine rings is 1. The third-order valence-electron chi connectivity index (χ3n) is 2.24. The highest BCUT2D eigenvalue weighted by Gasteiger charge is 2.16. The zero-order valence-electron chi connectivity index (χ0n) is 10.7. The summed E-state index contributed by atoms with van der Waals surface area (Å²) in [5, 5.41) is 0.0917. The molecule has 1 rings (SSSR count). The number of aromatic nitrogens is 1. The molecule has 1 heterocycles. The number of halogens is 2. The van der Waals surface area contributed by atoms with Crippen molar-refractivity contribution < 1.29 is 17.9 Å². The number of esters is 1. The van der Waals surface area contributed by atoms with Crippen LogP contribution in [0.5, 0.6) is 0 Å². The SMILES string of the molecule is CCOC(=O)CCCNS(=O)(=O)c1cnc(Cl)c(Cl)c1. The number of carbonyl (C=O) groups is 1. The number of carbonyl (C=O) groups excluding carboxylic acids is 1. The Morgan fingerprint density at radius 1 is 1.45 bits per heavy atom. The summed E-state index contributed by atoms with van der Waals surface area (Å²) < 4.78 is 30.9. The molecule has 0 fully saturated rings. The Kier molecular flexibility index (Phi) is 6.67. The fourth-order valence-electron chi connectivity index (χ4n) is 1.31. The fraction of sp³-hybridized carbons (Fsp3) is 0.455. The lowest BCUT2D eigenvalue weighted by Crippen LogP contribution is -2.25. The van der Waals surface area contributed by atoms with E-state index in [1.165, 1.54) is 6.07 Å². The van der Waals surface area contributed by atoms with E-state index in [9.17, 15) is 13.2 Å². The zero-order valence-corrected chi connectivity index (χ0v) is 13.1. The van der Waals surface area contributed by atoms with Gasteiger partial charge in [0.1, 0.15) is 10.0 Å². The number of hydrogen-bond donors (Lipinski definition) is 1. The van der Waals surface area contributed by atoms with Gasteiger partial charge in [-0.15, -0.1) is 0 Å².